The van der Waals surface area contributed by atoms with Gasteiger partial charge < -0.3 is 28.9 Å². The normalized spacial score (nSPS) is 13.3. The molecule has 10 aromatic carbocycles. The third-order valence-corrected chi connectivity index (χ3v) is 13.7. The molecule has 0 unspecified atom stereocenters. The van der Waals surface area contributed by atoms with E-state index in [-0.39, 0.29) is 13.4 Å². The van der Waals surface area contributed by atoms with Gasteiger partial charge >= 0.3 is 0 Å². The van der Waals surface area contributed by atoms with E-state index in [1.165, 1.54) is 21.9 Å². The van der Waals surface area contributed by atoms with Crippen molar-refractivity contribution in [2.45, 2.75) is 0 Å². The van der Waals surface area contributed by atoms with E-state index >= 15 is 0 Å². The highest BCUT2D eigenvalue weighted by Crippen LogP contribution is 2.49. The van der Waals surface area contributed by atoms with Crippen molar-refractivity contribution in [3.05, 3.63) is 237 Å². The van der Waals surface area contributed by atoms with E-state index in [2.05, 4.69) is 191 Å². The lowest BCUT2D eigenvalue weighted by Gasteiger charge is -2.46. The Labute approximate surface area is 395 Å². The lowest BCUT2D eigenvalue weighted by Crippen LogP contribution is -2.64. The van der Waals surface area contributed by atoms with Gasteiger partial charge in [-0.15, -0.1) is 0 Å². The van der Waals surface area contributed by atoms with Crippen molar-refractivity contribution in [2.75, 3.05) is 14.7 Å². The van der Waals surface area contributed by atoms with Gasteiger partial charge in [0.1, 0.15) is 34.5 Å². The standard InChI is InChI=1S/C60H39B2N3O3/c1-6-20-40(21-7-1)63-51-32-18-16-30-47(51)61-49-38-50-53(39-52(49)64(41-22-8-2-9-23-41)55-35-45(34-54(63)59(55)61)66-43-26-12-4-13-27-43)65(42-24-10-3-11-25-42)56-36-46(67-44-28-14-5-15-29-44)37-58-60(56)62(50)48-31-17-19-33-57(48)68-58/h1-39H. The molecule has 14 rings (SSSR count). The maximum atomic E-state index is 6.92. The van der Waals surface area contributed by atoms with Crippen LogP contribution in [-0.2, 0) is 0 Å². The van der Waals surface area contributed by atoms with Crippen LogP contribution in [0, 0.1) is 0 Å². The quantitative estimate of drug-likeness (QED) is 0.149. The van der Waals surface area contributed by atoms with Crippen molar-refractivity contribution in [1.82, 2.24) is 0 Å². The molecule has 0 aromatic heterocycles. The fraction of sp³-hybridized carbons (Fsp3) is 0. The first-order valence-electron chi connectivity index (χ1n) is 23.1. The Morgan fingerprint density at radius 2 is 0.691 bits per heavy atom. The zero-order valence-corrected chi connectivity index (χ0v) is 36.7. The molecular formula is C60H39B2N3O3. The van der Waals surface area contributed by atoms with E-state index in [0.717, 1.165) is 90.9 Å². The highest BCUT2D eigenvalue weighted by atomic mass is 16.5. The predicted octanol–water partition coefficient (Wildman–Crippen LogP) is 11.8. The molecule has 0 saturated heterocycles. The van der Waals surface area contributed by atoms with Gasteiger partial charge in [0.05, 0.1) is 0 Å². The van der Waals surface area contributed by atoms with Gasteiger partial charge in [-0.1, -0.05) is 133 Å². The first kappa shape index (κ1) is 38.4. The SMILES string of the molecule is c1ccc(Oc2cc3c4c(c2)N(c2ccccc2)c2cc5c(cc2B4c2ccccc2O3)B2c3ccccc3N(c3ccccc3)c3cc(Oc4ccccc4)cc(c32)N5c2ccccc2)cc1. The van der Waals surface area contributed by atoms with Crippen LogP contribution in [0.1, 0.15) is 0 Å². The summed E-state index contributed by atoms with van der Waals surface area (Å²) in [6.07, 6.45) is 0. The molecule has 0 bridgehead atoms. The molecular weight excluding hydrogens is 832 g/mol. The van der Waals surface area contributed by atoms with E-state index in [4.69, 9.17) is 14.2 Å². The Morgan fingerprint density at radius 3 is 1.24 bits per heavy atom. The highest BCUT2D eigenvalue weighted by molar-refractivity contribution is 7.02. The second kappa shape index (κ2) is 15.4. The molecule has 0 spiro atoms. The number of hydrogen-bond acceptors (Lipinski definition) is 6. The molecule has 318 valence electrons. The Morgan fingerprint density at radius 1 is 0.279 bits per heavy atom. The summed E-state index contributed by atoms with van der Waals surface area (Å²) < 4.78 is 20.4. The van der Waals surface area contributed by atoms with Gasteiger partial charge in [0.25, 0.3) is 13.4 Å². The fourth-order valence-electron chi connectivity index (χ4n) is 11.0. The topological polar surface area (TPSA) is 37.4 Å². The first-order valence-corrected chi connectivity index (χ1v) is 23.1. The van der Waals surface area contributed by atoms with Crippen molar-refractivity contribution in [2.24, 2.45) is 0 Å². The molecule has 0 fully saturated rings. The monoisotopic (exact) mass is 871 g/mol. The van der Waals surface area contributed by atoms with Crippen molar-refractivity contribution in [1.29, 1.82) is 0 Å². The summed E-state index contributed by atoms with van der Waals surface area (Å²) >= 11 is 0. The van der Waals surface area contributed by atoms with Crippen LogP contribution in [0.4, 0.5) is 51.2 Å². The lowest BCUT2D eigenvalue weighted by atomic mass is 9.30. The van der Waals surface area contributed by atoms with E-state index in [9.17, 15) is 0 Å². The summed E-state index contributed by atoms with van der Waals surface area (Å²) in [5.41, 5.74) is 16.8. The molecule has 68 heavy (non-hydrogen) atoms. The number of rotatable bonds is 7. The average molecular weight is 872 g/mol. The van der Waals surface area contributed by atoms with Gasteiger partial charge in [0.2, 0.25) is 0 Å². The average Bonchev–Trinajstić information content (AvgIpc) is 3.39. The van der Waals surface area contributed by atoms with Crippen LogP contribution in [-0.4, -0.2) is 13.4 Å². The van der Waals surface area contributed by atoms with Gasteiger partial charge in [-0.25, -0.2) is 0 Å². The Kier molecular flexibility index (Phi) is 8.68. The molecule has 0 amide bonds. The largest absolute Gasteiger partial charge is 0.458 e. The zero-order valence-electron chi connectivity index (χ0n) is 36.7. The molecule has 10 aromatic rings. The van der Waals surface area contributed by atoms with Gasteiger partial charge in [-0.2, -0.15) is 0 Å². The number of nitrogens with zero attached hydrogens (tertiary/aromatic N) is 3. The maximum absolute atomic E-state index is 6.92. The van der Waals surface area contributed by atoms with Crippen LogP contribution >= 0.6 is 0 Å². The molecule has 4 aliphatic heterocycles. The van der Waals surface area contributed by atoms with Crippen LogP contribution in [0.25, 0.3) is 0 Å². The van der Waals surface area contributed by atoms with Crippen LogP contribution in [0.5, 0.6) is 34.5 Å². The van der Waals surface area contributed by atoms with Crippen LogP contribution in [0.15, 0.2) is 237 Å². The number of anilines is 9. The van der Waals surface area contributed by atoms with Crippen molar-refractivity contribution < 1.29 is 14.2 Å². The predicted molar refractivity (Wildman–Crippen MR) is 279 cm³/mol. The summed E-state index contributed by atoms with van der Waals surface area (Å²) in [4.78, 5) is 7.28. The fourth-order valence-corrected chi connectivity index (χ4v) is 11.0. The number of benzene rings is 10. The molecule has 0 N–H and O–H groups in total. The van der Waals surface area contributed by atoms with Crippen LogP contribution in [0.3, 0.4) is 0 Å². The van der Waals surface area contributed by atoms with Crippen LogP contribution in [0.2, 0.25) is 0 Å². The van der Waals surface area contributed by atoms with E-state index in [1.807, 2.05) is 60.7 Å². The molecule has 4 heterocycles. The van der Waals surface area contributed by atoms with Gasteiger partial charge in [-0.05, 0) is 112 Å². The molecule has 6 nitrogen and oxygen atoms in total. The summed E-state index contributed by atoms with van der Waals surface area (Å²) in [5, 5.41) is 0. The Bertz CT molecular complexity index is 3580. The molecule has 0 aliphatic carbocycles. The Hall–Kier alpha value is -8.87. The number of para-hydroxylation sites is 7. The lowest BCUT2D eigenvalue weighted by molar-refractivity contribution is 0.463. The maximum Gasteiger partial charge on any atom is 0.256 e. The summed E-state index contributed by atoms with van der Waals surface area (Å²) in [6, 6.07) is 83.3. The number of hydrogen-bond donors (Lipinski definition) is 0. The van der Waals surface area contributed by atoms with Crippen LogP contribution < -0.4 is 61.7 Å². The Balaban J connectivity index is 1.08. The molecule has 0 atom stereocenters. The molecule has 4 aliphatic rings. The second-order valence-electron chi connectivity index (χ2n) is 17.6. The minimum absolute atomic E-state index is 0.120. The van der Waals surface area contributed by atoms with E-state index < -0.39 is 0 Å². The smallest absolute Gasteiger partial charge is 0.256 e. The van der Waals surface area contributed by atoms with E-state index in [0.29, 0.717) is 5.75 Å². The minimum atomic E-state index is -0.136. The van der Waals surface area contributed by atoms with Crippen molar-refractivity contribution in [3.63, 3.8) is 0 Å². The number of ether oxygens (including phenoxy) is 3. The zero-order chi connectivity index (χ0) is 44.7. The third-order valence-electron chi connectivity index (χ3n) is 13.7. The van der Waals surface area contributed by atoms with E-state index in [1.54, 1.807) is 0 Å². The first-order chi connectivity index (χ1) is 33.7. The summed E-state index contributed by atoms with van der Waals surface area (Å²) in [5.74, 6) is 4.62. The van der Waals surface area contributed by atoms with Crippen molar-refractivity contribution >= 4 is 97.4 Å². The summed E-state index contributed by atoms with van der Waals surface area (Å²) in [7, 11) is 0. The summed E-state index contributed by atoms with van der Waals surface area (Å²) in [6.45, 7) is -0.256. The minimum Gasteiger partial charge on any atom is -0.458 e. The van der Waals surface area contributed by atoms with Gasteiger partial charge in [0.15, 0.2) is 0 Å². The molecule has 8 heteroatoms. The van der Waals surface area contributed by atoms with Gasteiger partial charge in [-0.3, -0.25) is 0 Å². The highest BCUT2D eigenvalue weighted by Gasteiger charge is 2.48. The molecule has 0 radical (unpaired) electrons. The second-order valence-corrected chi connectivity index (χ2v) is 17.6. The van der Waals surface area contributed by atoms with Gasteiger partial charge in [0, 0.05) is 75.5 Å². The third kappa shape index (κ3) is 6.00. The molecule has 0 saturated carbocycles. The van der Waals surface area contributed by atoms with Crippen molar-refractivity contribution in [3.8, 4) is 34.5 Å². The number of fused-ring (bicyclic) bond motifs is 8.